The van der Waals surface area contributed by atoms with E-state index in [9.17, 15) is 0 Å². The molecule has 0 aromatic rings. The quantitative estimate of drug-likeness (QED) is 0.615. The lowest BCUT2D eigenvalue weighted by Crippen LogP contribution is -2.15. The molecule has 0 aromatic heterocycles. The van der Waals surface area contributed by atoms with E-state index in [1.165, 1.54) is 12.8 Å². The third-order valence-corrected chi connectivity index (χ3v) is 2.02. The Hall–Kier alpha value is -0.0800. The second-order valence-electron chi connectivity index (χ2n) is 3.59. The molecule has 0 aliphatic carbocycles. The van der Waals surface area contributed by atoms with Gasteiger partial charge in [0.2, 0.25) is 0 Å². The lowest BCUT2D eigenvalue weighted by Gasteiger charge is -2.11. The zero-order valence-electron chi connectivity index (χ0n) is 7.84. The van der Waals surface area contributed by atoms with E-state index in [2.05, 4.69) is 13.8 Å². The zero-order valence-corrected chi connectivity index (χ0v) is 7.84. The van der Waals surface area contributed by atoms with Crippen LogP contribution in [0.4, 0.5) is 0 Å². The minimum Gasteiger partial charge on any atom is -0.330 e. The summed E-state index contributed by atoms with van der Waals surface area (Å²) < 4.78 is 0. The molecule has 11 heavy (non-hydrogen) atoms. The molecule has 0 rings (SSSR count). The molecular weight excluding hydrogens is 136 g/mol. The van der Waals surface area contributed by atoms with E-state index in [4.69, 9.17) is 11.5 Å². The Labute approximate surface area is 70.3 Å². The Bertz CT molecular complexity index is 81.6. The molecule has 0 saturated heterocycles. The Morgan fingerprint density at radius 3 is 2.18 bits per heavy atom. The third-order valence-electron chi connectivity index (χ3n) is 2.02. The maximum Gasteiger partial charge on any atom is 0.00105 e. The van der Waals surface area contributed by atoms with Gasteiger partial charge in [-0.05, 0) is 45.1 Å². The van der Waals surface area contributed by atoms with Gasteiger partial charge in [-0.3, -0.25) is 0 Å². The van der Waals surface area contributed by atoms with Crippen molar-refractivity contribution in [2.45, 2.75) is 45.6 Å². The van der Waals surface area contributed by atoms with Crippen LogP contribution >= 0.6 is 0 Å². The molecule has 0 amide bonds. The number of hydrogen-bond donors (Lipinski definition) is 2. The maximum absolute atomic E-state index is 5.64. The average molecular weight is 158 g/mol. The van der Waals surface area contributed by atoms with Crippen LogP contribution in [0.25, 0.3) is 0 Å². The van der Waals surface area contributed by atoms with Crippen molar-refractivity contribution in [2.24, 2.45) is 17.4 Å². The summed E-state index contributed by atoms with van der Waals surface area (Å²) in [5.41, 5.74) is 11.1. The molecule has 0 saturated carbocycles. The van der Waals surface area contributed by atoms with Crippen molar-refractivity contribution < 1.29 is 0 Å². The van der Waals surface area contributed by atoms with Gasteiger partial charge in [0.1, 0.15) is 0 Å². The molecular formula is C9H22N2. The third kappa shape index (κ3) is 7.82. The smallest absolute Gasteiger partial charge is 0.00105 e. The van der Waals surface area contributed by atoms with E-state index in [1.807, 2.05) is 0 Å². The van der Waals surface area contributed by atoms with Crippen molar-refractivity contribution in [3.8, 4) is 0 Å². The Balaban J connectivity index is 3.15. The minimum absolute atomic E-state index is 0.357. The minimum atomic E-state index is 0.357. The van der Waals surface area contributed by atoms with Crippen LogP contribution in [0, 0.1) is 5.92 Å². The molecule has 0 spiro atoms. The zero-order chi connectivity index (χ0) is 8.69. The van der Waals surface area contributed by atoms with Crippen LogP contribution in [0.5, 0.6) is 0 Å². The molecule has 0 aliphatic rings. The van der Waals surface area contributed by atoms with E-state index in [0.717, 1.165) is 25.3 Å². The molecule has 68 valence electrons. The molecule has 2 unspecified atom stereocenters. The van der Waals surface area contributed by atoms with E-state index in [-0.39, 0.29) is 0 Å². The Morgan fingerprint density at radius 2 is 1.73 bits per heavy atom. The normalized spacial score (nSPS) is 16.4. The monoisotopic (exact) mass is 158 g/mol. The fourth-order valence-corrected chi connectivity index (χ4v) is 1.16. The first-order valence-corrected chi connectivity index (χ1v) is 4.62. The van der Waals surface area contributed by atoms with Gasteiger partial charge in [0.05, 0.1) is 0 Å². The molecule has 0 fully saturated rings. The van der Waals surface area contributed by atoms with Gasteiger partial charge in [-0.25, -0.2) is 0 Å². The van der Waals surface area contributed by atoms with Crippen molar-refractivity contribution in [3.63, 3.8) is 0 Å². The molecule has 0 aromatic carbocycles. The van der Waals surface area contributed by atoms with E-state index in [1.54, 1.807) is 0 Å². The topological polar surface area (TPSA) is 52.0 Å². The van der Waals surface area contributed by atoms with Gasteiger partial charge in [-0.1, -0.05) is 6.92 Å². The van der Waals surface area contributed by atoms with Crippen LogP contribution in [0.2, 0.25) is 0 Å². The molecule has 2 heteroatoms. The summed E-state index contributed by atoms with van der Waals surface area (Å²) in [5, 5.41) is 0. The van der Waals surface area contributed by atoms with E-state index >= 15 is 0 Å². The molecule has 2 atom stereocenters. The molecule has 0 aliphatic heterocycles. The van der Waals surface area contributed by atoms with Gasteiger partial charge in [0.25, 0.3) is 0 Å². The van der Waals surface area contributed by atoms with Crippen LogP contribution in [-0.2, 0) is 0 Å². The number of hydrogen-bond acceptors (Lipinski definition) is 2. The van der Waals surface area contributed by atoms with Crippen LogP contribution in [0.3, 0.4) is 0 Å². The first kappa shape index (κ1) is 10.9. The van der Waals surface area contributed by atoms with Gasteiger partial charge in [0.15, 0.2) is 0 Å². The summed E-state index contributed by atoms with van der Waals surface area (Å²) in [5.74, 6) is 0.796. The van der Waals surface area contributed by atoms with Gasteiger partial charge >= 0.3 is 0 Å². The highest BCUT2D eigenvalue weighted by Gasteiger charge is 2.02. The average Bonchev–Trinajstić information content (AvgIpc) is 1.97. The van der Waals surface area contributed by atoms with Gasteiger partial charge in [-0.15, -0.1) is 0 Å². The summed E-state index contributed by atoms with van der Waals surface area (Å²) in [6.45, 7) is 5.16. The highest BCUT2D eigenvalue weighted by Crippen LogP contribution is 2.12. The van der Waals surface area contributed by atoms with Crippen LogP contribution in [0.1, 0.15) is 39.5 Å². The molecule has 0 bridgehead atoms. The Morgan fingerprint density at radius 1 is 1.09 bits per heavy atom. The van der Waals surface area contributed by atoms with Crippen molar-refractivity contribution in [3.05, 3.63) is 0 Å². The van der Waals surface area contributed by atoms with Crippen molar-refractivity contribution in [1.29, 1.82) is 0 Å². The van der Waals surface area contributed by atoms with Gasteiger partial charge < -0.3 is 11.5 Å². The summed E-state index contributed by atoms with van der Waals surface area (Å²) >= 11 is 0. The standard InChI is InChI=1S/C9H22N2/c1-8(4-3-7-10)5-6-9(2)11/h8-9H,3-7,10-11H2,1-2H3. The Kier molecular flexibility index (Phi) is 6.57. The van der Waals surface area contributed by atoms with Gasteiger partial charge in [0, 0.05) is 6.04 Å². The summed E-state index contributed by atoms with van der Waals surface area (Å²) in [4.78, 5) is 0. The first-order chi connectivity index (χ1) is 5.16. The van der Waals surface area contributed by atoms with E-state index < -0.39 is 0 Å². The second kappa shape index (κ2) is 6.62. The predicted octanol–water partition coefficient (Wildman–Crippen LogP) is 1.49. The molecule has 2 nitrogen and oxygen atoms in total. The predicted molar refractivity (Wildman–Crippen MR) is 50.3 cm³/mol. The first-order valence-electron chi connectivity index (χ1n) is 4.62. The highest BCUT2D eigenvalue weighted by molar-refractivity contribution is 4.59. The summed E-state index contributed by atoms with van der Waals surface area (Å²) in [6.07, 6.45) is 4.80. The van der Waals surface area contributed by atoms with Crippen molar-refractivity contribution in [1.82, 2.24) is 0 Å². The number of nitrogens with two attached hydrogens (primary N) is 2. The van der Waals surface area contributed by atoms with Crippen LogP contribution < -0.4 is 11.5 Å². The van der Waals surface area contributed by atoms with E-state index in [0.29, 0.717) is 6.04 Å². The fourth-order valence-electron chi connectivity index (χ4n) is 1.16. The van der Waals surface area contributed by atoms with Gasteiger partial charge in [-0.2, -0.15) is 0 Å². The lowest BCUT2D eigenvalue weighted by atomic mass is 9.98. The largest absolute Gasteiger partial charge is 0.330 e. The molecule has 0 heterocycles. The second-order valence-corrected chi connectivity index (χ2v) is 3.59. The molecule has 0 radical (unpaired) electrons. The number of rotatable bonds is 6. The van der Waals surface area contributed by atoms with Crippen LogP contribution in [0.15, 0.2) is 0 Å². The lowest BCUT2D eigenvalue weighted by molar-refractivity contribution is 0.443. The van der Waals surface area contributed by atoms with Crippen LogP contribution in [-0.4, -0.2) is 12.6 Å². The van der Waals surface area contributed by atoms with Crippen molar-refractivity contribution >= 4 is 0 Å². The summed E-state index contributed by atoms with van der Waals surface area (Å²) in [7, 11) is 0. The highest BCUT2D eigenvalue weighted by atomic mass is 14.6. The van der Waals surface area contributed by atoms with Crippen molar-refractivity contribution in [2.75, 3.05) is 6.54 Å². The summed E-state index contributed by atoms with van der Waals surface area (Å²) in [6, 6.07) is 0.357. The maximum atomic E-state index is 5.64. The SMILES string of the molecule is CC(N)CCC(C)CCCN. The molecule has 4 N–H and O–H groups in total. The fraction of sp³-hybridized carbons (Fsp3) is 1.00.